The molecule has 2 aromatic carbocycles. The Bertz CT molecular complexity index is 778. The molecule has 0 aromatic heterocycles. The van der Waals surface area contributed by atoms with Crippen LogP contribution in [-0.2, 0) is 45.4 Å². The van der Waals surface area contributed by atoms with Gasteiger partial charge in [0.2, 0.25) is 0 Å². The van der Waals surface area contributed by atoms with E-state index in [0.29, 0.717) is 0 Å². The molecule has 0 N–H and O–H groups in total. The first-order valence-corrected chi connectivity index (χ1v) is 10.4. The molecule has 0 saturated heterocycles. The zero-order chi connectivity index (χ0) is 21.3. The molecule has 5 heteroatoms. The second-order valence-electron chi connectivity index (χ2n) is 9.76. The van der Waals surface area contributed by atoms with Crippen LogP contribution in [-0.4, -0.2) is 0 Å². The zero-order valence-electron chi connectivity index (χ0n) is 18.8. The fourth-order valence-corrected chi connectivity index (χ4v) is 4.00. The maximum atomic E-state index is 5.90. The van der Waals surface area contributed by atoms with Crippen LogP contribution in [0.2, 0.25) is 0 Å². The normalized spacial score (nSPS) is 11.8. The molecule has 2 nitrogen and oxygen atoms in total. The Morgan fingerprint density at radius 2 is 0.966 bits per heavy atom. The van der Waals surface area contributed by atoms with Crippen LogP contribution in [0.15, 0.2) is 24.3 Å². The Balaban J connectivity index is 0.00000420. The average molecular weight is 471 g/mol. The molecule has 0 bridgehead atoms. The number of rotatable bonds is 5. The third-order valence-corrected chi connectivity index (χ3v) is 5.36. The Kier molecular flexibility index (Phi) is 9.18. The van der Waals surface area contributed by atoms with Gasteiger partial charge in [0.25, 0.3) is 0 Å². The molecule has 0 fully saturated rings. The average Bonchev–Trinajstić information content (AvgIpc) is 2.57. The van der Waals surface area contributed by atoms with Crippen molar-refractivity contribution in [3.05, 3.63) is 57.6 Å². The van der Waals surface area contributed by atoms with E-state index in [0.717, 1.165) is 46.6 Å². The molecule has 0 saturated carbocycles. The summed E-state index contributed by atoms with van der Waals surface area (Å²) in [6.45, 7) is 17.2. The Hall–Kier alpha value is -0.666. The molecular weight excluding hydrogens is 439 g/mol. The molecule has 0 aliphatic rings. The van der Waals surface area contributed by atoms with Crippen LogP contribution >= 0.6 is 23.7 Å². The van der Waals surface area contributed by atoms with Crippen LogP contribution in [0.4, 0.5) is 0 Å². The summed E-state index contributed by atoms with van der Waals surface area (Å²) in [4.78, 5) is 0. The van der Waals surface area contributed by atoms with E-state index in [2.05, 4.69) is 79.7 Å². The van der Waals surface area contributed by atoms with Crippen molar-refractivity contribution in [2.24, 2.45) is 0 Å². The standard InChI is InChI=1S/C24H32Cl2O2.Ti/c1-15-11-17(21(27-25)19(13-15)23(3,4)5)9-10-18-12-16(2)14-20(22(18)28-26)24(6,7)8;/h11-14H,9-10H2,1-8H3;. The summed E-state index contributed by atoms with van der Waals surface area (Å²) in [5.74, 6) is 1.52. The third-order valence-electron chi connectivity index (χ3n) is 5.05. The predicted molar refractivity (Wildman–Crippen MR) is 120 cm³/mol. The number of aryl methyl sites for hydroxylation is 4. The Labute approximate surface area is 201 Å². The van der Waals surface area contributed by atoms with Gasteiger partial charge in [-0.1, -0.05) is 76.9 Å². The molecule has 29 heavy (non-hydrogen) atoms. The van der Waals surface area contributed by atoms with E-state index in [4.69, 9.17) is 32.3 Å². The monoisotopic (exact) mass is 470 g/mol. The summed E-state index contributed by atoms with van der Waals surface area (Å²) in [6.07, 6.45) is 1.57. The maximum absolute atomic E-state index is 5.90. The van der Waals surface area contributed by atoms with Crippen LogP contribution in [0.5, 0.6) is 11.5 Å². The largest absolute Gasteiger partial charge is 0.385 e. The van der Waals surface area contributed by atoms with Crippen molar-refractivity contribution in [1.82, 2.24) is 0 Å². The molecule has 0 aliphatic heterocycles. The summed E-state index contributed by atoms with van der Waals surface area (Å²) in [7, 11) is 0. The summed E-state index contributed by atoms with van der Waals surface area (Å²) >= 11 is 11.8. The van der Waals surface area contributed by atoms with Crippen molar-refractivity contribution in [1.29, 1.82) is 0 Å². The minimum atomic E-state index is -0.0574. The quantitative estimate of drug-likeness (QED) is 0.415. The molecule has 0 atom stereocenters. The summed E-state index contributed by atoms with van der Waals surface area (Å²) in [5, 5.41) is 0. The van der Waals surface area contributed by atoms with E-state index in [-0.39, 0.29) is 32.5 Å². The first kappa shape index (κ1) is 26.4. The van der Waals surface area contributed by atoms with Gasteiger partial charge in [-0.25, -0.2) is 0 Å². The zero-order valence-corrected chi connectivity index (χ0v) is 21.9. The molecule has 0 aliphatic carbocycles. The van der Waals surface area contributed by atoms with Gasteiger partial charge in [-0.2, -0.15) is 0 Å². The van der Waals surface area contributed by atoms with Crippen molar-refractivity contribution < 1.29 is 30.3 Å². The van der Waals surface area contributed by atoms with Crippen LogP contribution in [0.25, 0.3) is 0 Å². The van der Waals surface area contributed by atoms with Crippen molar-refractivity contribution in [2.75, 3.05) is 0 Å². The van der Waals surface area contributed by atoms with E-state index in [1.165, 1.54) is 11.1 Å². The second kappa shape index (κ2) is 10.1. The molecule has 0 amide bonds. The number of hydrogen-bond donors (Lipinski definition) is 0. The van der Waals surface area contributed by atoms with E-state index in [1.807, 2.05) is 0 Å². The number of halogens is 2. The number of hydrogen-bond acceptors (Lipinski definition) is 2. The van der Waals surface area contributed by atoms with Gasteiger partial charge in [0.05, 0.1) is 0 Å². The molecule has 0 radical (unpaired) electrons. The summed E-state index contributed by atoms with van der Waals surface area (Å²) in [5.41, 5.74) is 6.71. The van der Waals surface area contributed by atoms with Crippen LogP contribution < -0.4 is 8.58 Å². The summed E-state index contributed by atoms with van der Waals surface area (Å²) in [6, 6.07) is 8.60. The fourth-order valence-electron chi connectivity index (χ4n) is 3.63. The smallest absolute Gasteiger partial charge is 0.153 e. The van der Waals surface area contributed by atoms with Crippen LogP contribution in [0.3, 0.4) is 0 Å². The Morgan fingerprint density at radius 3 is 1.21 bits per heavy atom. The first-order chi connectivity index (χ1) is 12.9. The van der Waals surface area contributed by atoms with E-state index < -0.39 is 0 Å². The van der Waals surface area contributed by atoms with Crippen molar-refractivity contribution in [3.63, 3.8) is 0 Å². The molecule has 0 heterocycles. The van der Waals surface area contributed by atoms with Gasteiger partial charge < -0.3 is 8.58 Å². The van der Waals surface area contributed by atoms with Gasteiger partial charge in [0.15, 0.2) is 11.5 Å². The van der Waals surface area contributed by atoms with Crippen molar-refractivity contribution >= 4 is 23.7 Å². The molecule has 2 aromatic rings. The molecule has 0 spiro atoms. The van der Waals surface area contributed by atoms with Gasteiger partial charge in [0.1, 0.15) is 23.7 Å². The van der Waals surface area contributed by atoms with Crippen molar-refractivity contribution in [3.8, 4) is 11.5 Å². The second-order valence-corrected chi connectivity index (χ2v) is 10.1. The minimum Gasteiger partial charge on any atom is -0.385 e. The van der Waals surface area contributed by atoms with Crippen LogP contribution in [0.1, 0.15) is 74.9 Å². The molecule has 158 valence electrons. The summed E-state index contributed by atoms with van der Waals surface area (Å²) < 4.78 is 10.6. The number of benzene rings is 2. The van der Waals surface area contributed by atoms with E-state index in [9.17, 15) is 0 Å². The van der Waals surface area contributed by atoms with Gasteiger partial charge in [-0.3, -0.25) is 0 Å². The maximum Gasteiger partial charge on any atom is 0.153 e. The Morgan fingerprint density at radius 1 is 0.655 bits per heavy atom. The fraction of sp³-hybridized carbons (Fsp3) is 0.500. The van der Waals surface area contributed by atoms with E-state index >= 15 is 0 Å². The van der Waals surface area contributed by atoms with Crippen molar-refractivity contribution in [2.45, 2.75) is 79.1 Å². The van der Waals surface area contributed by atoms with Crippen LogP contribution in [0, 0.1) is 13.8 Å². The third kappa shape index (κ3) is 6.41. The SMILES string of the molecule is Cc1cc(CCc2cc(C)cc(C(C)(C)C)c2OCl)c(OCl)c(C(C)(C)C)c1.[Ti]. The van der Waals surface area contributed by atoms with Gasteiger partial charge in [0, 0.05) is 32.8 Å². The van der Waals surface area contributed by atoms with E-state index in [1.54, 1.807) is 0 Å². The molecular formula is C24H32Cl2O2Ti. The van der Waals surface area contributed by atoms with Gasteiger partial charge >= 0.3 is 0 Å². The topological polar surface area (TPSA) is 18.5 Å². The molecule has 0 unspecified atom stereocenters. The van der Waals surface area contributed by atoms with Gasteiger partial charge in [-0.15, -0.1) is 0 Å². The minimum absolute atomic E-state index is 0. The first-order valence-electron chi connectivity index (χ1n) is 9.73. The predicted octanol–water partition coefficient (Wildman–Crippen LogP) is 7.75. The molecule has 2 rings (SSSR count). The van der Waals surface area contributed by atoms with Gasteiger partial charge in [-0.05, 0) is 48.6 Å².